The standard InChI is InChI=1S/C19H20N2O4/c1-13-19(23)21-16-12-14(9-10-17(16)25-13)20-18(22)8-5-11-24-15-6-3-2-4-7-15/h2-4,6-7,9-10,12-13H,5,8,11H2,1H3,(H,20,22)(H,21,23)/t13-/m0/s1. The fourth-order valence-electron chi connectivity index (χ4n) is 2.45. The van der Waals surface area contributed by atoms with Gasteiger partial charge in [-0.05, 0) is 43.7 Å². The molecule has 130 valence electrons. The first-order valence-electron chi connectivity index (χ1n) is 8.21. The van der Waals surface area contributed by atoms with Gasteiger partial charge in [-0.15, -0.1) is 0 Å². The Bertz CT molecular complexity index is 761. The Morgan fingerprint density at radius 2 is 2.04 bits per heavy atom. The molecule has 1 aliphatic rings. The van der Waals surface area contributed by atoms with Gasteiger partial charge in [0.25, 0.3) is 5.91 Å². The van der Waals surface area contributed by atoms with E-state index in [1.54, 1.807) is 25.1 Å². The molecule has 0 aliphatic carbocycles. The highest BCUT2D eigenvalue weighted by molar-refractivity contribution is 5.99. The fourth-order valence-corrected chi connectivity index (χ4v) is 2.45. The second kappa shape index (κ2) is 7.70. The lowest BCUT2D eigenvalue weighted by molar-refractivity contribution is -0.122. The maximum absolute atomic E-state index is 12.0. The van der Waals surface area contributed by atoms with E-state index in [2.05, 4.69) is 10.6 Å². The Morgan fingerprint density at radius 3 is 2.84 bits per heavy atom. The lowest BCUT2D eigenvalue weighted by atomic mass is 10.2. The molecular formula is C19H20N2O4. The molecule has 3 rings (SSSR count). The smallest absolute Gasteiger partial charge is 0.265 e. The molecule has 1 heterocycles. The van der Waals surface area contributed by atoms with Crippen molar-refractivity contribution < 1.29 is 19.1 Å². The number of nitrogens with one attached hydrogen (secondary N) is 2. The normalized spacial score (nSPS) is 15.6. The Morgan fingerprint density at radius 1 is 1.24 bits per heavy atom. The van der Waals surface area contributed by atoms with Gasteiger partial charge in [-0.3, -0.25) is 9.59 Å². The van der Waals surface area contributed by atoms with E-state index < -0.39 is 6.10 Å². The summed E-state index contributed by atoms with van der Waals surface area (Å²) in [6.45, 7) is 2.16. The number of rotatable bonds is 6. The predicted molar refractivity (Wildman–Crippen MR) is 95.0 cm³/mol. The molecule has 0 radical (unpaired) electrons. The van der Waals surface area contributed by atoms with Gasteiger partial charge in [0.2, 0.25) is 5.91 Å². The van der Waals surface area contributed by atoms with E-state index in [9.17, 15) is 9.59 Å². The van der Waals surface area contributed by atoms with Crippen LogP contribution in [0.2, 0.25) is 0 Å². The number of carbonyl (C=O) groups excluding carboxylic acids is 2. The number of benzene rings is 2. The van der Waals surface area contributed by atoms with Gasteiger partial charge >= 0.3 is 0 Å². The monoisotopic (exact) mass is 340 g/mol. The van der Waals surface area contributed by atoms with Gasteiger partial charge in [-0.2, -0.15) is 0 Å². The van der Waals surface area contributed by atoms with Gasteiger partial charge in [0.05, 0.1) is 12.3 Å². The van der Waals surface area contributed by atoms with Gasteiger partial charge in [-0.25, -0.2) is 0 Å². The highest BCUT2D eigenvalue weighted by Crippen LogP contribution is 2.32. The number of anilines is 2. The van der Waals surface area contributed by atoms with E-state index in [1.165, 1.54) is 0 Å². The summed E-state index contributed by atoms with van der Waals surface area (Å²) in [4.78, 5) is 23.7. The molecule has 0 saturated carbocycles. The Hall–Kier alpha value is -3.02. The van der Waals surface area contributed by atoms with E-state index in [1.807, 2.05) is 30.3 Å². The minimum absolute atomic E-state index is 0.104. The number of hydrogen-bond acceptors (Lipinski definition) is 4. The first-order valence-corrected chi connectivity index (χ1v) is 8.21. The first kappa shape index (κ1) is 16.8. The Labute approximate surface area is 146 Å². The molecular weight excluding hydrogens is 320 g/mol. The van der Waals surface area contributed by atoms with Crippen LogP contribution in [0.3, 0.4) is 0 Å². The molecule has 1 aliphatic heterocycles. The van der Waals surface area contributed by atoms with Crippen LogP contribution in [0.15, 0.2) is 48.5 Å². The number of hydrogen-bond donors (Lipinski definition) is 2. The molecule has 2 N–H and O–H groups in total. The zero-order valence-electron chi connectivity index (χ0n) is 14.0. The average Bonchev–Trinajstić information content (AvgIpc) is 2.61. The van der Waals surface area contributed by atoms with Gasteiger partial charge in [0, 0.05) is 12.1 Å². The van der Waals surface area contributed by atoms with Crippen LogP contribution in [0.5, 0.6) is 11.5 Å². The molecule has 0 fully saturated rings. The largest absolute Gasteiger partial charge is 0.494 e. The minimum Gasteiger partial charge on any atom is -0.494 e. The molecule has 2 aromatic carbocycles. The molecule has 0 spiro atoms. The number of amides is 2. The molecule has 0 bridgehead atoms. The lowest BCUT2D eigenvalue weighted by Crippen LogP contribution is -2.34. The minimum atomic E-state index is -0.516. The van der Waals surface area contributed by atoms with Gasteiger partial charge in [0.1, 0.15) is 11.5 Å². The van der Waals surface area contributed by atoms with Crippen molar-refractivity contribution in [2.75, 3.05) is 17.2 Å². The predicted octanol–water partition coefficient (Wildman–Crippen LogP) is 3.20. The van der Waals surface area contributed by atoms with Crippen molar-refractivity contribution in [3.63, 3.8) is 0 Å². The van der Waals surface area contributed by atoms with Crippen LogP contribution in [0.4, 0.5) is 11.4 Å². The zero-order chi connectivity index (χ0) is 17.6. The maximum atomic E-state index is 12.0. The summed E-state index contributed by atoms with van der Waals surface area (Å²) < 4.78 is 11.0. The topological polar surface area (TPSA) is 76.7 Å². The van der Waals surface area contributed by atoms with Crippen molar-refractivity contribution in [1.29, 1.82) is 0 Å². The third-order valence-electron chi connectivity index (χ3n) is 3.75. The number of carbonyl (C=O) groups is 2. The maximum Gasteiger partial charge on any atom is 0.265 e. The van der Waals surface area contributed by atoms with Crippen LogP contribution in [0, 0.1) is 0 Å². The molecule has 0 saturated heterocycles. The van der Waals surface area contributed by atoms with Crippen molar-refractivity contribution in [2.45, 2.75) is 25.9 Å². The summed E-state index contributed by atoms with van der Waals surface area (Å²) in [5.41, 5.74) is 1.18. The summed E-state index contributed by atoms with van der Waals surface area (Å²) in [7, 11) is 0. The van der Waals surface area contributed by atoms with Crippen LogP contribution in [0.1, 0.15) is 19.8 Å². The summed E-state index contributed by atoms with van der Waals surface area (Å²) in [6.07, 6.45) is 0.449. The Kier molecular flexibility index (Phi) is 5.18. The van der Waals surface area contributed by atoms with E-state index >= 15 is 0 Å². The van der Waals surface area contributed by atoms with E-state index in [4.69, 9.17) is 9.47 Å². The molecule has 25 heavy (non-hydrogen) atoms. The average molecular weight is 340 g/mol. The second-order valence-electron chi connectivity index (χ2n) is 5.77. The van der Waals surface area contributed by atoms with Crippen molar-refractivity contribution in [3.05, 3.63) is 48.5 Å². The summed E-state index contributed by atoms with van der Waals surface area (Å²) in [5, 5.41) is 5.57. The summed E-state index contributed by atoms with van der Waals surface area (Å²) >= 11 is 0. The zero-order valence-corrected chi connectivity index (χ0v) is 14.0. The van der Waals surface area contributed by atoms with Gasteiger partial charge in [-0.1, -0.05) is 18.2 Å². The number of para-hydroxylation sites is 1. The van der Waals surface area contributed by atoms with Crippen molar-refractivity contribution in [3.8, 4) is 11.5 Å². The van der Waals surface area contributed by atoms with Crippen LogP contribution in [0.25, 0.3) is 0 Å². The van der Waals surface area contributed by atoms with Crippen LogP contribution < -0.4 is 20.1 Å². The molecule has 0 aromatic heterocycles. The van der Waals surface area contributed by atoms with Crippen LogP contribution in [-0.4, -0.2) is 24.5 Å². The third-order valence-corrected chi connectivity index (χ3v) is 3.75. The van der Waals surface area contributed by atoms with Crippen LogP contribution in [-0.2, 0) is 9.59 Å². The molecule has 2 amide bonds. The molecule has 1 atom stereocenters. The van der Waals surface area contributed by atoms with Crippen molar-refractivity contribution in [2.24, 2.45) is 0 Å². The first-order chi connectivity index (χ1) is 12.1. The molecule has 2 aromatic rings. The van der Waals surface area contributed by atoms with Gasteiger partial charge < -0.3 is 20.1 Å². The van der Waals surface area contributed by atoms with Gasteiger partial charge in [0.15, 0.2) is 6.10 Å². The van der Waals surface area contributed by atoms with Crippen molar-refractivity contribution in [1.82, 2.24) is 0 Å². The number of fused-ring (bicyclic) bond motifs is 1. The summed E-state index contributed by atoms with van der Waals surface area (Å²) in [6, 6.07) is 14.7. The molecule has 6 heteroatoms. The molecule has 6 nitrogen and oxygen atoms in total. The molecule has 0 unspecified atom stereocenters. The van der Waals surface area contributed by atoms with E-state index in [0.29, 0.717) is 36.6 Å². The summed E-state index contributed by atoms with van der Waals surface area (Å²) in [5.74, 6) is 1.09. The highest BCUT2D eigenvalue weighted by Gasteiger charge is 2.23. The second-order valence-corrected chi connectivity index (χ2v) is 5.77. The lowest BCUT2D eigenvalue weighted by Gasteiger charge is -2.23. The quantitative estimate of drug-likeness (QED) is 0.792. The number of ether oxygens (including phenoxy) is 2. The van der Waals surface area contributed by atoms with E-state index in [-0.39, 0.29) is 11.8 Å². The van der Waals surface area contributed by atoms with Crippen molar-refractivity contribution >= 4 is 23.2 Å². The third kappa shape index (κ3) is 4.50. The van der Waals surface area contributed by atoms with E-state index in [0.717, 1.165) is 5.75 Å². The Balaban J connectivity index is 1.47. The highest BCUT2D eigenvalue weighted by atomic mass is 16.5. The SMILES string of the molecule is C[C@@H]1Oc2ccc(NC(=O)CCCOc3ccccc3)cc2NC1=O. The van der Waals surface area contributed by atoms with Crippen LogP contribution >= 0.6 is 0 Å². The fraction of sp³-hybridized carbons (Fsp3) is 0.263.